The molecule has 2 aromatic heterocycles. The Bertz CT molecular complexity index is 1130. The van der Waals surface area contributed by atoms with Crippen LogP contribution in [0.5, 0.6) is 0 Å². The standard InChI is InChI=1S/C21H26ClFN6O/c1-21(2,3)29-18-14(11-25-29)19(30)27-20(26-18)24-10-13-7-8-28(4)17(13)12-5-6-15(22)16(23)9-12/h5-6,9,11,13,17H,7-8,10H2,1-4H3,(H2,24,26,27,30). The number of hydrogen-bond acceptors (Lipinski definition) is 5. The predicted octanol–water partition coefficient (Wildman–Crippen LogP) is 3.77. The summed E-state index contributed by atoms with van der Waals surface area (Å²) in [4.78, 5) is 22.1. The molecule has 3 aromatic rings. The normalized spacial score (nSPS) is 20.2. The van der Waals surface area contributed by atoms with Gasteiger partial charge < -0.3 is 5.32 Å². The molecule has 2 unspecified atom stereocenters. The van der Waals surface area contributed by atoms with Crippen LogP contribution in [0.15, 0.2) is 29.2 Å². The van der Waals surface area contributed by atoms with Gasteiger partial charge in [-0.25, -0.2) is 9.07 Å². The van der Waals surface area contributed by atoms with Gasteiger partial charge in [-0.15, -0.1) is 0 Å². The number of fused-ring (bicyclic) bond motifs is 1. The minimum Gasteiger partial charge on any atom is -0.355 e. The first-order valence-corrected chi connectivity index (χ1v) is 10.4. The van der Waals surface area contributed by atoms with Gasteiger partial charge in [0.1, 0.15) is 11.2 Å². The molecule has 0 radical (unpaired) electrons. The molecule has 2 atom stereocenters. The summed E-state index contributed by atoms with van der Waals surface area (Å²) in [5.74, 6) is 0.228. The van der Waals surface area contributed by atoms with Crippen molar-refractivity contribution in [2.75, 3.05) is 25.5 Å². The second-order valence-electron chi connectivity index (χ2n) is 8.91. The molecular formula is C21H26ClFN6O. The summed E-state index contributed by atoms with van der Waals surface area (Å²) < 4.78 is 15.8. The topological polar surface area (TPSA) is 78.8 Å². The van der Waals surface area contributed by atoms with Gasteiger partial charge in [0.15, 0.2) is 5.65 Å². The summed E-state index contributed by atoms with van der Waals surface area (Å²) in [6.45, 7) is 7.54. The molecular weight excluding hydrogens is 407 g/mol. The number of rotatable bonds is 4. The maximum atomic E-state index is 14.0. The minimum atomic E-state index is -0.409. The summed E-state index contributed by atoms with van der Waals surface area (Å²) in [6.07, 6.45) is 2.50. The zero-order valence-corrected chi connectivity index (χ0v) is 18.3. The number of aromatic nitrogens is 4. The van der Waals surface area contributed by atoms with E-state index in [2.05, 4.69) is 25.3 Å². The number of anilines is 1. The van der Waals surface area contributed by atoms with Gasteiger partial charge in [0.25, 0.3) is 5.56 Å². The van der Waals surface area contributed by atoms with Crippen LogP contribution < -0.4 is 10.9 Å². The Hall–Kier alpha value is -2.45. The van der Waals surface area contributed by atoms with Gasteiger partial charge in [-0.05, 0) is 64.4 Å². The van der Waals surface area contributed by atoms with Crippen LogP contribution in [0.25, 0.3) is 11.0 Å². The first-order valence-electron chi connectivity index (χ1n) is 10.0. The average Bonchev–Trinajstić information content (AvgIpc) is 3.26. The van der Waals surface area contributed by atoms with Crippen molar-refractivity contribution in [3.63, 3.8) is 0 Å². The third-order valence-corrected chi connectivity index (χ3v) is 5.97. The number of nitrogens with zero attached hydrogens (tertiary/aromatic N) is 4. The fourth-order valence-corrected chi connectivity index (χ4v) is 4.30. The van der Waals surface area contributed by atoms with Crippen molar-refractivity contribution in [3.8, 4) is 0 Å². The first-order chi connectivity index (χ1) is 14.1. The number of nitrogens with one attached hydrogen (secondary N) is 2. The van der Waals surface area contributed by atoms with E-state index in [0.29, 0.717) is 23.5 Å². The second kappa shape index (κ2) is 7.67. The predicted molar refractivity (Wildman–Crippen MR) is 117 cm³/mol. The van der Waals surface area contributed by atoms with Gasteiger partial charge in [0.2, 0.25) is 5.95 Å². The molecule has 7 nitrogen and oxygen atoms in total. The SMILES string of the molecule is CN1CCC(CNc2nc3c(cnn3C(C)(C)C)c(=O)[nH]2)C1c1ccc(Cl)c(F)c1. The fraction of sp³-hybridized carbons (Fsp3) is 0.476. The highest BCUT2D eigenvalue weighted by molar-refractivity contribution is 6.30. The number of halogens is 2. The van der Waals surface area contributed by atoms with Gasteiger partial charge in [-0.3, -0.25) is 14.7 Å². The maximum Gasteiger partial charge on any atom is 0.263 e. The van der Waals surface area contributed by atoms with Gasteiger partial charge in [-0.1, -0.05) is 17.7 Å². The zero-order chi connectivity index (χ0) is 21.6. The Kier molecular flexibility index (Phi) is 5.32. The van der Waals surface area contributed by atoms with Crippen LogP contribution in [-0.2, 0) is 5.54 Å². The van der Waals surface area contributed by atoms with Crippen LogP contribution in [0.4, 0.5) is 10.3 Å². The number of H-pyrrole nitrogens is 1. The molecule has 2 N–H and O–H groups in total. The molecule has 30 heavy (non-hydrogen) atoms. The van der Waals surface area contributed by atoms with Crippen LogP contribution in [-0.4, -0.2) is 44.8 Å². The van der Waals surface area contributed by atoms with E-state index in [1.165, 1.54) is 6.07 Å². The molecule has 1 aliphatic rings. The highest BCUT2D eigenvalue weighted by atomic mass is 35.5. The van der Waals surface area contributed by atoms with E-state index >= 15 is 0 Å². The Morgan fingerprint density at radius 2 is 2.13 bits per heavy atom. The van der Waals surface area contributed by atoms with Gasteiger partial charge in [0, 0.05) is 12.6 Å². The summed E-state index contributed by atoms with van der Waals surface area (Å²) in [7, 11) is 2.03. The smallest absolute Gasteiger partial charge is 0.263 e. The van der Waals surface area contributed by atoms with Crippen LogP contribution in [0.3, 0.4) is 0 Å². The Morgan fingerprint density at radius 1 is 1.37 bits per heavy atom. The van der Waals surface area contributed by atoms with E-state index in [4.69, 9.17) is 11.6 Å². The molecule has 1 aliphatic heterocycles. The molecule has 3 heterocycles. The van der Waals surface area contributed by atoms with Gasteiger partial charge in [0.05, 0.1) is 16.8 Å². The van der Waals surface area contributed by atoms with E-state index in [0.717, 1.165) is 18.5 Å². The number of likely N-dealkylation sites (tertiary alicyclic amines) is 1. The second-order valence-corrected chi connectivity index (χ2v) is 9.31. The number of hydrogen-bond donors (Lipinski definition) is 2. The Labute approximate surface area is 179 Å². The Morgan fingerprint density at radius 3 is 2.83 bits per heavy atom. The summed E-state index contributed by atoms with van der Waals surface area (Å²) in [5, 5.41) is 8.20. The maximum absolute atomic E-state index is 14.0. The van der Waals surface area contributed by atoms with E-state index in [-0.39, 0.29) is 28.1 Å². The average molecular weight is 433 g/mol. The molecule has 1 aromatic carbocycles. The van der Waals surface area contributed by atoms with E-state index in [9.17, 15) is 9.18 Å². The van der Waals surface area contributed by atoms with E-state index < -0.39 is 5.82 Å². The molecule has 0 aliphatic carbocycles. The van der Waals surface area contributed by atoms with Crippen molar-refractivity contribution in [3.05, 3.63) is 51.2 Å². The summed E-state index contributed by atoms with van der Waals surface area (Å²) in [5.41, 5.74) is 0.926. The van der Waals surface area contributed by atoms with Gasteiger partial charge >= 0.3 is 0 Å². The lowest BCUT2D eigenvalue weighted by molar-refractivity contribution is 0.281. The summed E-state index contributed by atoms with van der Waals surface area (Å²) in [6, 6.07) is 5.04. The van der Waals surface area contributed by atoms with Crippen LogP contribution >= 0.6 is 11.6 Å². The molecule has 160 valence electrons. The van der Waals surface area contributed by atoms with E-state index in [1.807, 2.05) is 33.9 Å². The van der Waals surface area contributed by atoms with E-state index in [1.54, 1.807) is 16.9 Å². The molecule has 1 saturated heterocycles. The Balaban J connectivity index is 1.58. The lowest BCUT2D eigenvalue weighted by Crippen LogP contribution is -2.27. The third-order valence-electron chi connectivity index (χ3n) is 5.66. The van der Waals surface area contributed by atoms with Crippen molar-refractivity contribution in [1.29, 1.82) is 0 Å². The molecule has 0 amide bonds. The van der Waals surface area contributed by atoms with Crippen molar-refractivity contribution in [2.24, 2.45) is 5.92 Å². The molecule has 9 heteroatoms. The monoisotopic (exact) mass is 432 g/mol. The number of benzene rings is 1. The van der Waals surface area contributed by atoms with Gasteiger partial charge in [-0.2, -0.15) is 10.1 Å². The first kappa shape index (κ1) is 20.8. The lowest BCUT2D eigenvalue weighted by Gasteiger charge is -2.26. The quantitative estimate of drug-likeness (QED) is 0.656. The van der Waals surface area contributed by atoms with Crippen LogP contribution in [0, 0.1) is 11.7 Å². The zero-order valence-electron chi connectivity index (χ0n) is 17.5. The molecule has 4 rings (SSSR count). The van der Waals surface area contributed by atoms with Crippen LogP contribution in [0.1, 0.15) is 38.8 Å². The minimum absolute atomic E-state index is 0.0554. The van der Waals surface area contributed by atoms with Crippen LogP contribution in [0.2, 0.25) is 5.02 Å². The van der Waals surface area contributed by atoms with Crippen molar-refractivity contribution in [1.82, 2.24) is 24.6 Å². The lowest BCUT2D eigenvalue weighted by atomic mass is 9.93. The van der Waals surface area contributed by atoms with Crippen molar-refractivity contribution < 1.29 is 4.39 Å². The summed E-state index contributed by atoms with van der Waals surface area (Å²) >= 11 is 5.85. The van der Waals surface area contributed by atoms with Crippen molar-refractivity contribution in [2.45, 2.75) is 38.8 Å². The highest BCUT2D eigenvalue weighted by Crippen LogP contribution is 2.37. The largest absolute Gasteiger partial charge is 0.355 e. The van der Waals surface area contributed by atoms with Crippen molar-refractivity contribution >= 4 is 28.6 Å². The molecule has 0 saturated carbocycles. The molecule has 0 bridgehead atoms. The third kappa shape index (κ3) is 3.81. The molecule has 1 fully saturated rings. The fourth-order valence-electron chi connectivity index (χ4n) is 4.18. The highest BCUT2D eigenvalue weighted by Gasteiger charge is 2.33. The number of aromatic amines is 1. The molecule has 0 spiro atoms.